The number of ether oxygens (including phenoxy) is 2. The molecule has 3 N–H and O–H groups in total. The molecule has 0 bridgehead atoms. The normalized spacial score (nSPS) is 10.9. The van der Waals surface area contributed by atoms with Crippen LogP contribution in [0.4, 0.5) is 5.69 Å². The van der Waals surface area contributed by atoms with Crippen LogP contribution in [0.1, 0.15) is 11.3 Å². The fourth-order valence-electron chi connectivity index (χ4n) is 3.00. The summed E-state index contributed by atoms with van der Waals surface area (Å²) in [6.07, 6.45) is 1.47. The van der Waals surface area contributed by atoms with Crippen LogP contribution in [0.25, 0.3) is 5.69 Å². The van der Waals surface area contributed by atoms with Crippen LogP contribution < -0.4 is 26.2 Å². The summed E-state index contributed by atoms with van der Waals surface area (Å²) in [7, 11) is 3.25. The van der Waals surface area contributed by atoms with E-state index in [1.54, 1.807) is 36.9 Å². The molecule has 3 aromatic rings. The van der Waals surface area contributed by atoms with Gasteiger partial charge in [0.05, 0.1) is 24.7 Å². The van der Waals surface area contributed by atoms with Crippen LogP contribution in [-0.2, 0) is 11.8 Å². The first-order chi connectivity index (χ1) is 14.5. The number of hydrogen-bond donors (Lipinski definition) is 2. The van der Waals surface area contributed by atoms with Gasteiger partial charge in [0, 0.05) is 7.05 Å². The zero-order valence-corrected chi connectivity index (χ0v) is 17.0. The second kappa shape index (κ2) is 8.99. The number of nitrogens with zero attached hydrogens (tertiary/aromatic N) is 3. The summed E-state index contributed by atoms with van der Waals surface area (Å²) in [5.41, 5.74) is 1.94. The standard InChI is InChI=1S/C21H23N5O4/c1-14-20(21(28)26(25(14)2)16-7-5-4-6-8-16)24-19(27)13-30-17-10-9-15(12-23-22)11-18(17)29-3/h4-12H,13,22H2,1-3H3,(H,24,27). The minimum absolute atomic E-state index is 0.205. The first-order valence-corrected chi connectivity index (χ1v) is 9.14. The number of aromatic nitrogens is 2. The Kier molecular flexibility index (Phi) is 6.21. The Morgan fingerprint density at radius 3 is 2.60 bits per heavy atom. The summed E-state index contributed by atoms with van der Waals surface area (Å²) < 4.78 is 14.0. The summed E-state index contributed by atoms with van der Waals surface area (Å²) in [6, 6.07) is 14.3. The SMILES string of the molecule is COc1cc(C=NN)ccc1OCC(=O)Nc1c(C)n(C)n(-c2ccccc2)c1=O. The molecular weight excluding hydrogens is 386 g/mol. The van der Waals surface area contributed by atoms with Crippen LogP contribution >= 0.6 is 0 Å². The molecule has 9 heteroatoms. The summed E-state index contributed by atoms with van der Waals surface area (Å²) in [5.74, 6) is 5.50. The molecule has 30 heavy (non-hydrogen) atoms. The lowest BCUT2D eigenvalue weighted by molar-refractivity contribution is -0.118. The molecule has 0 atom stereocenters. The highest BCUT2D eigenvalue weighted by molar-refractivity contribution is 5.92. The maximum atomic E-state index is 12.9. The van der Waals surface area contributed by atoms with Gasteiger partial charge in [0.2, 0.25) is 0 Å². The second-order valence-electron chi connectivity index (χ2n) is 6.46. The Balaban J connectivity index is 1.76. The maximum absolute atomic E-state index is 12.9. The third-order valence-electron chi connectivity index (χ3n) is 4.59. The van der Waals surface area contributed by atoms with E-state index < -0.39 is 5.91 Å². The first-order valence-electron chi connectivity index (χ1n) is 9.14. The molecule has 0 unspecified atom stereocenters. The smallest absolute Gasteiger partial charge is 0.295 e. The van der Waals surface area contributed by atoms with Crippen molar-refractivity contribution in [3.8, 4) is 17.2 Å². The van der Waals surface area contributed by atoms with Crippen LogP contribution in [0, 0.1) is 6.92 Å². The van der Waals surface area contributed by atoms with Gasteiger partial charge < -0.3 is 20.6 Å². The van der Waals surface area contributed by atoms with Gasteiger partial charge in [-0.15, -0.1) is 0 Å². The lowest BCUT2D eigenvalue weighted by Gasteiger charge is -2.11. The molecule has 0 radical (unpaired) electrons. The molecule has 1 heterocycles. The number of anilines is 1. The number of nitrogens with one attached hydrogen (secondary N) is 1. The zero-order valence-electron chi connectivity index (χ0n) is 17.0. The Hall–Kier alpha value is -4.01. The summed E-state index contributed by atoms with van der Waals surface area (Å²) >= 11 is 0. The Labute approximate surface area is 173 Å². The van der Waals surface area contributed by atoms with E-state index in [2.05, 4.69) is 10.4 Å². The van der Waals surface area contributed by atoms with E-state index >= 15 is 0 Å². The van der Waals surface area contributed by atoms with Crippen molar-refractivity contribution >= 4 is 17.8 Å². The molecule has 0 saturated carbocycles. The molecule has 0 aliphatic heterocycles. The molecular formula is C21H23N5O4. The average molecular weight is 409 g/mol. The van der Waals surface area contributed by atoms with E-state index in [0.29, 0.717) is 22.9 Å². The van der Waals surface area contributed by atoms with E-state index in [4.69, 9.17) is 15.3 Å². The van der Waals surface area contributed by atoms with E-state index in [9.17, 15) is 9.59 Å². The molecule has 156 valence electrons. The minimum Gasteiger partial charge on any atom is -0.493 e. The van der Waals surface area contributed by atoms with E-state index in [1.807, 2.05) is 30.3 Å². The quantitative estimate of drug-likeness (QED) is 0.351. The maximum Gasteiger partial charge on any atom is 0.295 e. The minimum atomic E-state index is -0.462. The van der Waals surface area contributed by atoms with Crippen molar-refractivity contribution in [2.75, 3.05) is 19.0 Å². The number of methoxy groups -OCH3 is 1. The van der Waals surface area contributed by atoms with Crippen molar-refractivity contribution in [2.24, 2.45) is 18.0 Å². The molecule has 0 saturated heterocycles. The topological polar surface area (TPSA) is 113 Å². The van der Waals surface area contributed by atoms with Gasteiger partial charge >= 0.3 is 0 Å². The predicted molar refractivity (Wildman–Crippen MR) is 115 cm³/mol. The van der Waals surface area contributed by atoms with Gasteiger partial charge in [-0.1, -0.05) is 18.2 Å². The number of carbonyl (C=O) groups excluding carboxylic acids is 1. The Morgan fingerprint density at radius 2 is 1.93 bits per heavy atom. The number of hydrazone groups is 1. The van der Waals surface area contributed by atoms with Crippen LogP contribution in [0.5, 0.6) is 11.5 Å². The third kappa shape index (κ3) is 4.19. The van der Waals surface area contributed by atoms with Gasteiger partial charge in [0.1, 0.15) is 5.69 Å². The lowest BCUT2D eigenvalue weighted by atomic mass is 10.2. The Bertz CT molecular complexity index is 1130. The number of carbonyl (C=O) groups is 1. The largest absolute Gasteiger partial charge is 0.493 e. The molecule has 0 fully saturated rings. The van der Waals surface area contributed by atoms with Crippen LogP contribution in [0.2, 0.25) is 0 Å². The molecule has 9 nitrogen and oxygen atoms in total. The highest BCUT2D eigenvalue weighted by atomic mass is 16.5. The van der Waals surface area contributed by atoms with Crippen molar-refractivity contribution in [3.63, 3.8) is 0 Å². The molecule has 1 amide bonds. The summed E-state index contributed by atoms with van der Waals surface area (Å²) in [6.45, 7) is 1.47. The van der Waals surface area contributed by atoms with E-state index in [0.717, 1.165) is 5.56 Å². The van der Waals surface area contributed by atoms with Gasteiger partial charge in [0.15, 0.2) is 18.1 Å². The lowest BCUT2D eigenvalue weighted by Crippen LogP contribution is -2.25. The zero-order chi connectivity index (χ0) is 21.7. The van der Waals surface area contributed by atoms with E-state index in [1.165, 1.54) is 18.0 Å². The van der Waals surface area contributed by atoms with Crippen molar-refractivity contribution in [2.45, 2.75) is 6.92 Å². The van der Waals surface area contributed by atoms with Gasteiger partial charge in [-0.25, -0.2) is 4.68 Å². The number of para-hydroxylation sites is 1. The molecule has 1 aromatic heterocycles. The molecule has 0 aliphatic rings. The fraction of sp³-hybridized carbons (Fsp3) is 0.190. The molecule has 3 rings (SSSR count). The number of benzene rings is 2. The van der Waals surface area contributed by atoms with Crippen molar-refractivity contribution in [3.05, 3.63) is 70.1 Å². The van der Waals surface area contributed by atoms with Crippen molar-refractivity contribution in [1.29, 1.82) is 0 Å². The Morgan fingerprint density at radius 1 is 1.20 bits per heavy atom. The summed E-state index contributed by atoms with van der Waals surface area (Å²) in [4.78, 5) is 25.3. The number of nitrogens with two attached hydrogens (primary N) is 1. The van der Waals surface area contributed by atoms with E-state index in [-0.39, 0.29) is 17.9 Å². The molecule has 2 aromatic carbocycles. The van der Waals surface area contributed by atoms with Gasteiger partial charge in [-0.2, -0.15) is 5.10 Å². The average Bonchev–Trinajstić information content (AvgIpc) is 2.96. The molecule has 0 spiro atoms. The predicted octanol–water partition coefficient (Wildman–Crippen LogP) is 1.80. The highest BCUT2D eigenvalue weighted by Gasteiger charge is 2.18. The monoisotopic (exact) mass is 409 g/mol. The number of amides is 1. The summed E-state index contributed by atoms with van der Waals surface area (Å²) in [5, 5.41) is 6.11. The molecule has 0 aliphatic carbocycles. The van der Waals surface area contributed by atoms with Gasteiger partial charge in [0.25, 0.3) is 11.5 Å². The van der Waals surface area contributed by atoms with Crippen LogP contribution in [0.3, 0.4) is 0 Å². The fourth-order valence-corrected chi connectivity index (χ4v) is 3.00. The number of rotatable bonds is 7. The second-order valence-corrected chi connectivity index (χ2v) is 6.46. The van der Waals surface area contributed by atoms with Crippen LogP contribution in [-0.4, -0.2) is 35.2 Å². The van der Waals surface area contributed by atoms with Gasteiger partial charge in [-0.05, 0) is 42.8 Å². The third-order valence-corrected chi connectivity index (χ3v) is 4.59. The van der Waals surface area contributed by atoms with Crippen LogP contribution in [0.15, 0.2) is 58.4 Å². The number of hydrogen-bond acceptors (Lipinski definition) is 6. The van der Waals surface area contributed by atoms with Crippen molar-refractivity contribution in [1.82, 2.24) is 9.36 Å². The van der Waals surface area contributed by atoms with Gasteiger partial charge in [-0.3, -0.25) is 14.3 Å². The highest BCUT2D eigenvalue weighted by Crippen LogP contribution is 2.27. The first kappa shape index (κ1) is 20.7. The van der Waals surface area contributed by atoms with Crippen molar-refractivity contribution < 1.29 is 14.3 Å².